The number of rotatable bonds is 20. The summed E-state index contributed by atoms with van der Waals surface area (Å²) in [6, 6.07) is 40.2. The van der Waals surface area contributed by atoms with Crippen molar-refractivity contribution >= 4 is 50.4 Å². The second-order valence-electron chi connectivity index (χ2n) is 28.6. The first-order valence-corrected chi connectivity index (χ1v) is 37.7. The highest BCUT2D eigenvalue weighted by Gasteiger charge is 2.27. The number of benzene rings is 3. The Balaban J connectivity index is 0.000000132. The van der Waals surface area contributed by atoms with Gasteiger partial charge in [0, 0.05) is 199 Å². The number of piperazine rings is 3. The first-order valence-electron chi connectivity index (χ1n) is 37.7. The summed E-state index contributed by atoms with van der Waals surface area (Å²) >= 11 is 0. The zero-order chi connectivity index (χ0) is 76.2. The van der Waals surface area contributed by atoms with Crippen molar-refractivity contribution < 1.29 is 46.8 Å². The highest BCUT2D eigenvalue weighted by Crippen LogP contribution is 2.29. The van der Waals surface area contributed by atoms with Crippen LogP contribution >= 0.6 is 0 Å². The lowest BCUT2D eigenvalue weighted by Gasteiger charge is -2.32. The standard InChI is InChI=1S/C29H32N6O3.C28H30N6O3.C26H26F2N6O2/c1-34-10-12-35(13-11-34)29(36)27-17-21-15-20(4-5-24(21)32-27)16-28-31-9-7-25(33-28)26-18-22(6-8-30-26)38-19-23-3-2-14-37-23;1-33-9-11-34(12-10-33)28(35)26-16-20-14-19(2-3-23(20)31-26)15-27-30-8-5-24(32-27)25-17-21(4-7-29-25)37-22-6-13-36-18-22;1-33-8-10-34(11-9-33)26(35)23-14-18-12-17(2-3-20(18)31-23)13-25-30-7-5-21(32-25)22-15-19(4-6-29-22)36-16-24(27)28/h4-9,15,17-18,23,32H,2-3,10-14,16,19H2,1H3;2-5,7-8,14,16-17,22,31H,6,9-13,15,18H2,1H3;2-7,12,14-15,24,31H,8-11,13,16H2,1H3/t23-;22-;/m11./s1. The van der Waals surface area contributed by atoms with Crippen LogP contribution in [0.1, 0.15) is 84.9 Å². The molecule has 17 rings (SSSR count). The van der Waals surface area contributed by atoms with E-state index in [1.807, 2.05) is 99.6 Å². The van der Waals surface area contributed by atoms with Crippen molar-refractivity contribution in [1.29, 1.82) is 0 Å². The quantitative estimate of drug-likeness (QED) is 0.0639. The number of nitrogens with one attached hydrogen (secondary N) is 3. The van der Waals surface area contributed by atoms with Crippen LogP contribution in [-0.2, 0) is 28.7 Å². The SMILES string of the molecule is CN1CCN(C(=O)c2cc3cc(Cc4nccc(-c5cc(OCC(F)F)ccn5)n4)ccc3[nH]2)CC1.CN1CCN(C(=O)c2cc3cc(Cc4nccc(-c5cc(OC[C@H]6CCCO6)ccn5)n4)ccc3[nH]2)CC1.CN1CCN(C(=O)c2cc3cc(Cc4nccc(-c5cc(O[C@@H]6CCOC6)ccn5)n4)ccc3[nH]2)CC1. The van der Waals surface area contributed by atoms with Crippen LogP contribution in [0.4, 0.5) is 8.78 Å². The summed E-state index contributed by atoms with van der Waals surface area (Å²) in [7, 11) is 6.23. The Bertz CT molecular complexity index is 5220. The van der Waals surface area contributed by atoms with Gasteiger partial charge in [0.2, 0.25) is 0 Å². The van der Waals surface area contributed by atoms with Crippen molar-refractivity contribution in [2.75, 3.05) is 133 Å². The van der Waals surface area contributed by atoms with Crippen molar-refractivity contribution in [3.8, 4) is 51.4 Å². The molecule has 3 amide bonds. The fourth-order valence-electron chi connectivity index (χ4n) is 14.0. The normalized spacial score (nSPS) is 17.1. The fourth-order valence-corrected chi connectivity index (χ4v) is 14.0. The monoisotopic (exact) mass is 1500 g/mol. The van der Waals surface area contributed by atoms with E-state index in [4.69, 9.17) is 33.7 Å². The molecule has 0 saturated carbocycles. The largest absolute Gasteiger partial charge is 0.491 e. The summed E-state index contributed by atoms with van der Waals surface area (Å²) in [5.74, 6) is 3.96. The molecule has 9 aromatic heterocycles. The Labute approximate surface area is 640 Å². The lowest BCUT2D eigenvalue weighted by Crippen LogP contribution is -2.47. The number of fused-ring (bicyclic) bond motifs is 3. The highest BCUT2D eigenvalue weighted by atomic mass is 19.3. The molecule has 0 spiro atoms. The summed E-state index contributed by atoms with van der Waals surface area (Å²) in [6.45, 7) is 11.8. The molecular weight excluding hydrogens is 1420 g/mol. The van der Waals surface area contributed by atoms with Crippen molar-refractivity contribution in [2.24, 2.45) is 0 Å². The van der Waals surface area contributed by atoms with E-state index < -0.39 is 13.0 Å². The number of aromatic amines is 3. The van der Waals surface area contributed by atoms with Crippen LogP contribution in [-0.4, -0.2) is 258 Å². The molecule has 572 valence electrons. The molecule has 0 radical (unpaired) electrons. The lowest BCUT2D eigenvalue weighted by molar-refractivity contribution is 0.0652. The van der Waals surface area contributed by atoms with E-state index in [1.165, 1.54) is 12.3 Å². The number of pyridine rings is 3. The number of alkyl halides is 2. The maximum absolute atomic E-state index is 13.0. The van der Waals surface area contributed by atoms with Gasteiger partial charge >= 0.3 is 0 Å². The van der Waals surface area contributed by atoms with Crippen LogP contribution in [0.3, 0.4) is 0 Å². The number of ether oxygens (including phenoxy) is 5. The minimum atomic E-state index is -2.55. The fraction of sp³-hybridized carbons (Fsp3) is 0.349. The number of carbonyl (C=O) groups is 3. The number of likely N-dealkylation sites (N-methyl/N-ethyl adjacent to an activating group) is 3. The summed E-state index contributed by atoms with van der Waals surface area (Å²) in [5, 5.41) is 2.97. The van der Waals surface area contributed by atoms with Crippen LogP contribution in [0.25, 0.3) is 66.9 Å². The van der Waals surface area contributed by atoms with Gasteiger partial charge in [-0.2, -0.15) is 0 Å². The second-order valence-corrected chi connectivity index (χ2v) is 28.6. The molecule has 111 heavy (non-hydrogen) atoms. The molecule has 5 aliphatic heterocycles. The van der Waals surface area contributed by atoms with Crippen molar-refractivity contribution in [2.45, 2.75) is 57.2 Å². The van der Waals surface area contributed by atoms with Crippen molar-refractivity contribution in [3.63, 3.8) is 0 Å². The first kappa shape index (κ1) is 74.9. The number of H-pyrrole nitrogens is 3. The van der Waals surface area contributed by atoms with Crippen LogP contribution in [0.15, 0.2) is 165 Å². The van der Waals surface area contributed by atoms with Gasteiger partial charge in [-0.15, -0.1) is 0 Å². The molecule has 5 fully saturated rings. The van der Waals surface area contributed by atoms with Crippen LogP contribution < -0.4 is 14.2 Å². The zero-order valence-electron chi connectivity index (χ0n) is 62.3. The Morgan fingerprint density at radius 1 is 0.441 bits per heavy atom. The van der Waals surface area contributed by atoms with E-state index >= 15 is 0 Å². The number of nitrogens with zero attached hydrogens (tertiary/aromatic N) is 15. The molecular formula is C83H88F2N18O8. The van der Waals surface area contributed by atoms with E-state index in [-0.39, 0.29) is 29.9 Å². The molecule has 5 saturated heterocycles. The van der Waals surface area contributed by atoms with Gasteiger partial charge in [0.25, 0.3) is 24.1 Å². The summed E-state index contributed by atoms with van der Waals surface area (Å²) in [5.41, 5.74) is 11.9. The Kier molecular flexibility index (Phi) is 23.6. The Morgan fingerprint density at radius 2 is 0.829 bits per heavy atom. The van der Waals surface area contributed by atoms with Gasteiger partial charge in [0.1, 0.15) is 71.1 Å². The molecule has 28 heteroatoms. The molecule has 2 atom stereocenters. The Hall–Kier alpha value is -11.6. The molecule has 3 aromatic carbocycles. The van der Waals surface area contributed by atoms with E-state index in [0.29, 0.717) is 84.2 Å². The smallest absolute Gasteiger partial charge is 0.272 e. The maximum atomic E-state index is 13.0. The number of aromatic nitrogens is 12. The minimum absolute atomic E-state index is 0.0177. The molecule has 14 heterocycles. The van der Waals surface area contributed by atoms with E-state index in [9.17, 15) is 23.2 Å². The van der Waals surface area contributed by atoms with Gasteiger partial charge in [0.05, 0.1) is 53.5 Å². The summed E-state index contributed by atoms with van der Waals surface area (Å²) in [4.78, 5) is 102. The molecule has 0 aliphatic carbocycles. The van der Waals surface area contributed by atoms with E-state index in [2.05, 4.69) is 110 Å². The minimum Gasteiger partial charge on any atom is -0.491 e. The third-order valence-corrected chi connectivity index (χ3v) is 20.3. The van der Waals surface area contributed by atoms with Gasteiger partial charge in [-0.25, -0.2) is 38.7 Å². The van der Waals surface area contributed by atoms with Crippen molar-refractivity contribution in [3.05, 3.63) is 216 Å². The maximum Gasteiger partial charge on any atom is 0.272 e. The molecule has 26 nitrogen and oxygen atoms in total. The van der Waals surface area contributed by atoms with E-state index in [1.54, 1.807) is 43.1 Å². The highest BCUT2D eigenvalue weighted by molar-refractivity contribution is 6.00. The second kappa shape index (κ2) is 35.0. The zero-order valence-corrected chi connectivity index (χ0v) is 62.3. The number of halogens is 2. The molecule has 3 N–H and O–H groups in total. The van der Waals surface area contributed by atoms with Gasteiger partial charge < -0.3 is 68.0 Å². The average molecular weight is 1500 g/mol. The van der Waals surface area contributed by atoms with Gasteiger partial charge in [-0.05, 0) is 142 Å². The lowest BCUT2D eigenvalue weighted by atomic mass is 10.1. The van der Waals surface area contributed by atoms with Crippen molar-refractivity contribution in [1.82, 2.24) is 89.2 Å². The number of hydrogen-bond donors (Lipinski definition) is 3. The van der Waals surface area contributed by atoms with Crippen LogP contribution in [0.2, 0.25) is 0 Å². The van der Waals surface area contributed by atoms with Gasteiger partial charge in [0.15, 0.2) is 0 Å². The predicted molar refractivity (Wildman–Crippen MR) is 415 cm³/mol. The number of carbonyl (C=O) groups excluding carboxylic acids is 3. The van der Waals surface area contributed by atoms with Crippen LogP contribution in [0.5, 0.6) is 17.2 Å². The molecule has 5 aliphatic rings. The summed E-state index contributed by atoms with van der Waals surface area (Å²) in [6.07, 6.45) is 12.5. The summed E-state index contributed by atoms with van der Waals surface area (Å²) < 4.78 is 53.0. The molecule has 12 aromatic rings. The molecule has 0 bridgehead atoms. The number of amides is 3. The third-order valence-electron chi connectivity index (χ3n) is 20.3. The molecule has 0 unspecified atom stereocenters. The predicted octanol–water partition coefficient (Wildman–Crippen LogP) is 10.4. The van der Waals surface area contributed by atoms with Gasteiger partial charge in [-0.1, -0.05) is 18.2 Å². The van der Waals surface area contributed by atoms with E-state index in [0.717, 1.165) is 195 Å². The first-order chi connectivity index (χ1) is 54.1. The topological polar surface area (TPSA) is 280 Å². The Morgan fingerprint density at radius 3 is 1.21 bits per heavy atom. The van der Waals surface area contributed by atoms with Gasteiger partial charge in [-0.3, -0.25) is 29.3 Å². The average Bonchev–Trinajstić information content (AvgIpc) is 1.72. The third kappa shape index (κ3) is 19.4. The number of hydrogen-bond acceptors (Lipinski definition) is 20. The van der Waals surface area contributed by atoms with Crippen LogP contribution in [0, 0.1) is 0 Å².